The van der Waals surface area contributed by atoms with E-state index in [-0.39, 0.29) is 31.0 Å². The molecule has 0 bridgehead atoms. The van der Waals surface area contributed by atoms with Crippen LogP contribution in [0.5, 0.6) is 5.75 Å². The molecule has 0 aliphatic heterocycles. The Bertz CT molecular complexity index is 878. The second-order valence-corrected chi connectivity index (χ2v) is 9.53. The lowest BCUT2D eigenvalue weighted by Crippen LogP contribution is -2.46. The van der Waals surface area contributed by atoms with E-state index in [1.165, 1.54) is 11.1 Å². The summed E-state index contributed by atoms with van der Waals surface area (Å²) in [5.74, 6) is 0.325. The molecule has 32 heavy (non-hydrogen) atoms. The van der Waals surface area contributed by atoms with E-state index in [0.717, 1.165) is 24.8 Å². The summed E-state index contributed by atoms with van der Waals surface area (Å²) >= 11 is 6.13. The summed E-state index contributed by atoms with van der Waals surface area (Å²) in [6.07, 6.45) is 2.98. The molecule has 0 aromatic heterocycles. The fourth-order valence-electron chi connectivity index (χ4n) is 4.31. The zero-order chi connectivity index (χ0) is 22.4. The van der Waals surface area contributed by atoms with Crippen LogP contribution in [-0.4, -0.2) is 41.0 Å². The number of carbonyl (C=O) groups is 1. The largest absolute Gasteiger partial charge is 0.491 e. The number of aliphatic hydroxyl groups is 1. The van der Waals surface area contributed by atoms with Gasteiger partial charge in [-0.05, 0) is 80.3 Å². The Kier molecular flexibility index (Phi) is 9.83. The van der Waals surface area contributed by atoms with Gasteiger partial charge in [0.05, 0.1) is 0 Å². The summed E-state index contributed by atoms with van der Waals surface area (Å²) in [5, 5.41) is 23.2. The standard InChI is InChI=1S/C25H32ClNO4.ClH/c1-25(2,14-17-11-18-5-3-4-6-19(18)12-17)27-15-21(28)16-31-22-8-9-23(26)20(13-22)7-10-24(29)30;/h3-6,8-9,13,17,21,27-28H,7,10-12,14-16H2,1-2H3,(H,29,30);1H/t21-;/m0./s1. The van der Waals surface area contributed by atoms with E-state index in [9.17, 15) is 9.90 Å². The molecule has 0 heterocycles. The predicted molar refractivity (Wildman–Crippen MR) is 130 cm³/mol. The summed E-state index contributed by atoms with van der Waals surface area (Å²) in [7, 11) is 0. The number of halogens is 2. The normalized spacial score (nSPS) is 14.5. The van der Waals surface area contributed by atoms with E-state index in [4.69, 9.17) is 21.4 Å². The van der Waals surface area contributed by atoms with Crippen LogP contribution in [-0.2, 0) is 24.1 Å². The summed E-state index contributed by atoms with van der Waals surface area (Å²) in [5.41, 5.74) is 3.57. The van der Waals surface area contributed by atoms with E-state index in [1.807, 2.05) is 0 Å². The average Bonchev–Trinajstić information content (AvgIpc) is 3.12. The lowest BCUT2D eigenvalue weighted by molar-refractivity contribution is -0.136. The number of fused-ring (bicyclic) bond motifs is 1. The second-order valence-electron chi connectivity index (χ2n) is 9.12. The Hall–Kier alpha value is -1.79. The Labute approximate surface area is 201 Å². The summed E-state index contributed by atoms with van der Waals surface area (Å²) in [6, 6.07) is 13.8. The predicted octanol–water partition coefficient (Wildman–Crippen LogP) is 4.69. The molecule has 1 aliphatic rings. The summed E-state index contributed by atoms with van der Waals surface area (Å²) in [4.78, 5) is 10.8. The maximum Gasteiger partial charge on any atom is 0.303 e. The minimum atomic E-state index is -0.868. The Balaban J connectivity index is 0.00000363. The zero-order valence-electron chi connectivity index (χ0n) is 18.6. The quantitative estimate of drug-likeness (QED) is 0.433. The Morgan fingerprint density at radius 2 is 1.88 bits per heavy atom. The Morgan fingerprint density at radius 1 is 1.22 bits per heavy atom. The molecule has 3 rings (SSSR count). The smallest absolute Gasteiger partial charge is 0.303 e. The molecule has 0 saturated carbocycles. The first-order chi connectivity index (χ1) is 14.7. The molecule has 0 spiro atoms. The van der Waals surface area contributed by atoms with Gasteiger partial charge in [-0.2, -0.15) is 0 Å². The molecule has 0 unspecified atom stereocenters. The second kappa shape index (κ2) is 11.9. The SMILES string of the molecule is CC(C)(CC1Cc2ccccc2C1)NC[C@H](O)COc1ccc(Cl)c(CCC(=O)O)c1.Cl. The van der Waals surface area contributed by atoms with Crippen molar-refractivity contribution in [1.29, 1.82) is 0 Å². The van der Waals surface area contributed by atoms with Crippen LogP contribution in [0.4, 0.5) is 0 Å². The number of rotatable bonds is 11. The fourth-order valence-corrected chi connectivity index (χ4v) is 4.52. The van der Waals surface area contributed by atoms with Crippen molar-refractivity contribution < 1.29 is 19.7 Å². The first-order valence-electron chi connectivity index (χ1n) is 10.8. The monoisotopic (exact) mass is 481 g/mol. The van der Waals surface area contributed by atoms with Crippen molar-refractivity contribution >= 4 is 30.0 Å². The average molecular weight is 482 g/mol. The van der Waals surface area contributed by atoms with Gasteiger partial charge in [-0.15, -0.1) is 12.4 Å². The van der Waals surface area contributed by atoms with Crippen LogP contribution in [0, 0.1) is 5.92 Å². The number of carboxylic acids is 1. The third kappa shape index (κ3) is 7.96. The van der Waals surface area contributed by atoms with Gasteiger partial charge in [-0.3, -0.25) is 4.79 Å². The minimum absolute atomic E-state index is 0. The summed E-state index contributed by atoms with van der Waals surface area (Å²) < 4.78 is 5.72. The van der Waals surface area contributed by atoms with Gasteiger partial charge in [0.25, 0.3) is 0 Å². The number of nitrogens with one attached hydrogen (secondary N) is 1. The van der Waals surface area contributed by atoms with E-state index >= 15 is 0 Å². The minimum Gasteiger partial charge on any atom is -0.491 e. The van der Waals surface area contributed by atoms with Crippen LogP contribution in [0.1, 0.15) is 43.4 Å². The highest BCUT2D eigenvalue weighted by Crippen LogP contribution is 2.32. The van der Waals surface area contributed by atoms with Crippen molar-refractivity contribution in [3.8, 4) is 5.75 Å². The van der Waals surface area contributed by atoms with Crippen molar-refractivity contribution in [1.82, 2.24) is 5.32 Å². The third-order valence-corrected chi connectivity index (χ3v) is 6.19. The van der Waals surface area contributed by atoms with E-state index in [1.54, 1.807) is 18.2 Å². The number of hydrogen-bond acceptors (Lipinski definition) is 4. The fraction of sp³-hybridized carbons (Fsp3) is 0.480. The molecule has 1 atom stereocenters. The first-order valence-corrected chi connectivity index (χ1v) is 11.2. The highest BCUT2D eigenvalue weighted by Gasteiger charge is 2.28. The lowest BCUT2D eigenvalue weighted by atomic mass is 9.88. The number of β-amino-alcohol motifs (C(OH)–C–C–N with tert-alkyl or cyclic N) is 1. The molecule has 0 radical (unpaired) electrons. The maximum absolute atomic E-state index is 10.8. The van der Waals surface area contributed by atoms with Crippen molar-refractivity contribution in [2.24, 2.45) is 5.92 Å². The molecule has 3 N–H and O–H groups in total. The van der Waals surface area contributed by atoms with Crippen LogP contribution in [0.25, 0.3) is 0 Å². The molecule has 1 aliphatic carbocycles. The van der Waals surface area contributed by atoms with Crippen LogP contribution in [0.15, 0.2) is 42.5 Å². The van der Waals surface area contributed by atoms with Crippen LogP contribution >= 0.6 is 24.0 Å². The number of aryl methyl sites for hydroxylation is 1. The lowest BCUT2D eigenvalue weighted by Gasteiger charge is -2.30. The molecule has 2 aromatic rings. The van der Waals surface area contributed by atoms with E-state index < -0.39 is 12.1 Å². The number of benzene rings is 2. The van der Waals surface area contributed by atoms with Gasteiger partial charge in [0.15, 0.2) is 0 Å². The van der Waals surface area contributed by atoms with Crippen LogP contribution < -0.4 is 10.1 Å². The highest BCUT2D eigenvalue weighted by atomic mass is 35.5. The molecule has 2 aromatic carbocycles. The molecule has 5 nitrogen and oxygen atoms in total. The van der Waals surface area contributed by atoms with E-state index in [2.05, 4.69) is 43.4 Å². The third-order valence-electron chi connectivity index (χ3n) is 5.82. The van der Waals surface area contributed by atoms with Gasteiger partial charge in [-0.25, -0.2) is 0 Å². The molecular weight excluding hydrogens is 449 g/mol. The molecule has 0 fully saturated rings. The van der Waals surface area contributed by atoms with Crippen molar-refractivity contribution in [2.75, 3.05) is 13.2 Å². The number of hydrogen-bond donors (Lipinski definition) is 3. The highest BCUT2D eigenvalue weighted by molar-refractivity contribution is 6.31. The number of aliphatic carboxylic acids is 1. The van der Waals surface area contributed by atoms with Crippen molar-refractivity contribution in [3.63, 3.8) is 0 Å². The van der Waals surface area contributed by atoms with Gasteiger partial charge in [0, 0.05) is 23.5 Å². The molecule has 7 heteroatoms. The molecular formula is C25H33Cl2NO4. The number of carboxylic acid groups (broad SMARTS) is 1. The van der Waals surface area contributed by atoms with Crippen LogP contribution in [0.2, 0.25) is 5.02 Å². The molecule has 176 valence electrons. The van der Waals surface area contributed by atoms with Crippen LogP contribution in [0.3, 0.4) is 0 Å². The number of ether oxygens (including phenoxy) is 1. The maximum atomic E-state index is 10.8. The van der Waals surface area contributed by atoms with E-state index in [0.29, 0.717) is 29.7 Å². The summed E-state index contributed by atoms with van der Waals surface area (Å²) in [6.45, 7) is 4.94. The zero-order valence-corrected chi connectivity index (χ0v) is 20.2. The topological polar surface area (TPSA) is 78.8 Å². The van der Waals surface area contributed by atoms with Gasteiger partial charge in [-0.1, -0.05) is 35.9 Å². The molecule has 0 saturated heterocycles. The van der Waals surface area contributed by atoms with Gasteiger partial charge < -0.3 is 20.3 Å². The van der Waals surface area contributed by atoms with Gasteiger partial charge in [0.1, 0.15) is 18.5 Å². The molecule has 0 amide bonds. The van der Waals surface area contributed by atoms with Crippen molar-refractivity contribution in [2.45, 2.75) is 57.6 Å². The number of aliphatic hydroxyl groups excluding tert-OH is 1. The van der Waals surface area contributed by atoms with Crippen molar-refractivity contribution in [3.05, 3.63) is 64.2 Å². The van der Waals surface area contributed by atoms with Gasteiger partial charge in [0.2, 0.25) is 0 Å². The Morgan fingerprint density at radius 3 is 2.50 bits per heavy atom. The van der Waals surface area contributed by atoms with Gasteiger partial charge >= 0.3 is 5.97 Å². The first kappa shape index (κ1) is 26.5.